The van der Waals surface area contributed by atoms with Gasteiger partial charge in [0.15, 0.2) is 0 Å². The van der Waals surface area contributed by atoms with Gasteiger partial charge in [0.25, 0.3) is 0 Å². The van der Waals surface area contributed by atoms with Gasteiger partial charge in [-0.05, 0) is 49.9 Å². The molecule has 3 N–H and O–H groups in total. The van der Waals surface area contributed by atoms with Crippen molar-refractivity contribution in [2.24, 2.45) is 5.73 Å². The largest absolute Gasteiger partial charge is 0.492 e. The first-order valence-electron chi connectivity index (χ1n) is 9.33. The summed E-state index contributed by atoms with van der Waals surface area (Å²) in [5, 5.41) is 3.86. The number of likely N-dealkylation sites (tertiary alicyclic amines) is 1. The Labute approximate surface area is 160 Å². The molecule has 1 amide bonds. The number of hydrogen-bond acceptors (Lipinski definition) is 5. The summed E-state index contributed by atoms with van der Waals surface area (Å²) in [5.74, 6) is 0.812. The summed E-state index contributed by atoms with van der Waals surface area (Å²) in [7, 11) is 0. The van der Waals surface area contributed by atoms with Crippen molar-refractivity contribution in [1.29, 1.82) is 0 Å². The zero-order chi connectivity index (χ0) is 18.4. The van der Waals surface area contributed by atoms with Gasteiger partial charge in [0.2, 0.25) is 5.91 Å². The zero-order valence-corrected chi connectivity index (χ0v) is 15.8. The molecule has 0 unspecified atom stereocenters. The Balaban J connectivity index is 1.35. The van der Waals surface area contributed by atoms with Crippen molar-refractivity contribution >= 4 is 17.5 Å². The summed E-state index contributed by atoms with van der Waals surface area (Å²) in [6.45, 7) is 4.56. The second-order valence-corrected chi connectivity index (χ2v) is 7.60. The molecular weight excluding hydrogens is 354 g/mol. The number of carbonyl (C=O) groups is 1. The van der Waals surface area contributed by atoms with Gasteiger partial charge >= 0.3 is 0 Å². The van der Waals surface area contributed by atoms with Crippen molar-refractivity contribution in [2.45, 2.75) is 37.3 Å². The van der Waals surface area contributed by atoms with Crippen LogP contribution in [-0.2, 0) is 9.53 Å². The number of carbonyl (C=O) groups excluding carboxylic acids is 1. The van der Waals surface area contributed by atoms with E-state index in [0.29, 0.717) is 37.7 Å². The number of ether oxygens (including phenoxy) is 2. The van der Waals surface area contributed by atoms with E-state index in [-0.39, 0.29) is 11.9 Å². The molecule has 7 heteroatoms. The highest BCUT2D eigenvalue weighted by Crippen LogP contribution is 2.20. The van der Waals surface area contributed by atoms with Crippen molar-refractivity contribution in [3.05, 3.63) is 29.3 Å². The van der Waals surface area contributed by atoms with E-state index in [4.69, 9.17) is 26.8 Å². The van der Waals surface area contributed by atoms with Gasteiger partial charge in [-0.2, -0.15) is 0 Å². The van der Waals surface area contributed by atoms with E-state index in [2.05, 4.69) is 10.2 Å². The van der Waals surface area contributed by atoms with Gasteiger partial charge in [0.1, 0.15) is 12.4 Å². The van der Waals surface area contributed by atoms with E-state index in [9.17, 15) is 4.79 Å². The van der Waals surface area contributed by atoms with Crippen LogP contribution in [0.5, 0.6) is 5.75 Å². The molecule has 2 aliphatic heterocycles. The van der Waals surface area contributed by atoms with E-state index in [0.717, 1.165) is 38.2 Å². The molecule has 0 aliphatic carbocycles. The Morgan fingerprint density at radius 1 is 1.27 bits per heavy atom. The minimum atomic E-state index is -0.762. The van der Waals surface area contributed by atoms with Crippen LogP contribution in [0.2, 0.25) is 5.02 Å². The molecule has 26 heavy (non-hydrogen) atoms. The number of amides is 1. The fourth-order valence-electron chi connectivity index (χ4n) is 3.42. The molecular formula is C19H28ClN3O3. The van der Waals surface area contributed by atoms with Crippen LogP contribution in [0.1, 0.15) is 25.7 Å². The lowest BCUT2D eigenvalue weighted by Crippen LogP contribution is -2.59. The number of benzene rings is 1. The molecule has 0 saturated carbocycles. The standard InChI is InChI=1S/C19H28ClN3O3/c20-15-1-3-17(4-2-15)26-14-11-23-9-5-16(6-10-23)22-18(24)19(21)7-12-25-13-8-19/h1-4,16H,5-14,21H2,(H,22,24). The lowest BCUT2D eigenvalue weighted by atomic mass is 9.89. The van der Waals surface area contributed by atoms with Gasteiger partial charge in [-0.15, -0.1) is 0 Å². The fourth-order valence-corrected chi connectivity index (χ4v) is 3.54. The first-order chi connectivity index (χ1) is 12.5. The van der Waals surface area contributed by atoms with Crippen LogP contribution in [0.4, 0.5) is 0 Å². The molecule has 144 valence electrons. The average Bonchev–Trinajstić information content (AvgIpc) is 2.65. The number of nitrogens with two attached hydrogens (primary N) is 1. The predicted molar refractivity (Wildman–Crippen MR) is 102 cm³/mol. The maximum Gasteiger partial charge on any atom is 0.240 e. The molecule has 0 spiro atoms. The SMILES string of the molecule is NC1(C(=O)NC2CCN(CCOc3ccc(Cl)cc3)CC2)CCOCC1. The molecule has 0 radical (unpaired) electrons. The monoisotopic (exact) mass is 381 g/mol. The van der Waals surface area contributed by atoms with Gasteiger partial charge in [0.05, 0.1) is 5.54 Å². The zero-order valence-electron chi connectivity index (χ0n) is 15.1. The van der Waals surface area contributed by atoms with Crippen molar-refractivity contribution in [3.8, 4) is 5.75 Å². The van der Waals surface area contributed by atoms with E-state index < -0.39 is 5.54 Å². The van der Waals surface area contributed by atoms with Crippen LogP contribution in [0, 0.1) is 0 Å². The van der Waals surface area contributed by atoms with Crippen LogP contribution in [0.3, 0.4) is 0 Å². The van der Waals surface area contributed by atoms with Crippen molar-refractivity contribution in [1.82, 2.24) is 10.2 Å². The third-order valence-electron chi connectivity index (χ3n) is 5.25. The van der Waals surface area contributed by atoms with E-state index in [1.54, 1.807) is 0 Å². The quantitative estimate of drug-likeness (QED) is 0.785. The number of piperidine rings is 1. The summed E-state index contributed by atoms with van der Waals surface area (Å²) >= 11 is 5.87. The Morgan fingerprint density at radius 2 is 1.92 bits per heavy atom. The first kappa shape index (κ1) is 19.4. The average molecular weight is 382 g/mol. The van der Waals surface area contributed by atoms with Gasteiger partial charge in [-0.3, -0.25) is 9.69 Å². The molecule has 0 aromatic heterocycles. The molecule has 0 atom stereocenters. The summed E-state index contributed by atoms with van der Waals surface area (Å²) in [6, 6.07) is 7.62. The Kier molecular flexibility index (Phi) is 6.75. The summed E-state index contributed by atoms with van der Waals surface area (Å²) in [4.78, 5) is 14.9. The predicted octanol–water partition coefficient (Wildman–Crippen LogP) is 1.81. The van der Waals surface area contributed by atoms with E-state index >= 15 is 0 Å². The third-order valence-corrected chi connectivity index (χ3v) is 5.50. The Bertz CT molecular complexity index is 582. The molecule has 0 bridgehead atoms. The molecule has 2 fully saturated rings. The highest BCUT2D eigenvalue weighted by atomic mass is 35.5. The molecule has 1 aromatic carbocycles. The topological polar surface area (TPSA) is 76.8 Å². The maximum absolute atomic E-state index is 12.5. The second kappa shape index (κ2) is 9.04. The van der Waals surface area contributed by atoms with Gasteiger partial charge in [-0.1, -0.05) is 11.6 Å². The van der Waals surface area contributed by atoms with Crippen LogP contribution >= 0.6 is 11.6 Å². The summed E-state index contributed by atoms with van der Waals surface area (Å²) in [5.41, 5.74) is 5.49. The lowest BCUT2D eigenvalue weighted by molar-refractivity contribution is -0.130. The van der Waals surface area contributed by atoms with Gasteiger partial charge < -0.3 is 20.5 Å². The molecule has 1 aromatic rings. The number of hydrogen-bond donors (Lipinski definition) is 2. The van der Waals surface area contributed by atoms with Crippen molar-refractivity contribution < 1.29 is 14.3 Å². The Morgan fingerprint density at radius 3 is 2.58 bits per heavy atom. The van der Waals surface area contributed by atoms with E-state index in [1.165, 1.54) is 0 Å². The van der Waals surface area contributed by atoms with E-state index in [1.807, 2.05) is 24.3 Å². The fraction of sp³-hybridized carbons (Fsp3) is 0.632. The van der Waals surface area contributed by atoms with Crippen LogP contribution in [0.15, 0.2) is 24.3 Å². The number of nitrogens with zero attached hydrogens (tertiary/aromatic N) is 1. The number of halogens is 1. The summed E-state index contributed by atoms with van der Waals surface area (Å²) in [6.07, 6.45) is 3.08. The third kappa shape index (κ3) is 5.33. The van der Waals surface area contributed by atoms with Crippen molar-refractivity contribution in [2.75, 3.05) is 39.5 Å². The number of nitrogens with one attached hydrogen (secondary N) is 1. The maximum atomic E-state index is 12.5. The smallest absolute Gasteiger partial charge is 0.240 e. The highest BCUT2D eigenvalue weighted by molar-refractivity contribution is 6.30. The normalized spacial score (nSPS) is 21.3. The second-order valence-electron chi connectivity index (χ2n) is 7.16. The molecule has 6 nitrogen and oxygen atoms in total. The van der Waals surface area contributed by atoms with Gasteiger partial charge in [0, 0.05) is 43.9 Å². The highest BCUT2D eigenvalue weighted by Gasteiger charge is 2.37. The number of rotatable bonds is 6. The van der Waals surface area contributed by atoms with Crippen LogP contribution < -0.4 is 15.8 Å². The van der Waals surface area contributed by atoms with Crippen LogP contribution in [0.25, 0.3) is 0 Å². The summed E-state index contributed by atoms with van der Waals surface area (Å²) < 4.78 is 11.1. The van der Waals surface area contributed by atoms with Crippen molar-refractivity contribution in [3.63, 3.8) is 0 Å². The minimum absolute atomic E-state index is 0.0229. The Hall–Kier alpha value is -1.34. The van der Waals surface area contributed by atoms with Crippen LogP contribution in [-0.4, -0.2) is 61.8 Å². The molecule has 3 rings (SSSR count). The lowest BCUT2D eigenvalue weighted by Gasteiger charge is -2.36. The minimum Gasteiger partial charge on any atom is -0.492 e. The molecule has 2 aliphatic rings. The molecule has 2 saturated heterocycles. The molecule has 2 heterocycles. The van der Waals surface area contributed by atoms with Gasteiger partial charge in [-0.25, -0.2) is 0 Å². The first-order valence-corrected chi connectivity index (χ1v) is 9.71.